The van der Waals surface area contributed by atoms with Crippen molar-refractivity contribution < 1.29 is 48.3 Å². The van der Waals surface area contributed by atoms with Gasteiger partial charge in [-0.15, -0.1) is 22.7 Å². The van der Waals surface area contributed by atoms with Gasteiger partial charge in [-0.25, -0.2) is 0 Å². The molecule has 8 fully saturated rings. The van der Waals surface area contributed by atoms with Crippen LogP contribution >= 0.6 is 22.7 Å². The molecule has 14 rings (SSSR count). The van der Waals surface area contributed by atoms with Crippen LogP contribution in [-0.2, 0) is 41.0 Å². The fourth-order valence-electron chi connectivity index (χ4n) is 12.8. The second kappa shape index (κ2) is 23.6. The highest BCUT2D eigenvalue weighted by Crippen LogP contribution is 2.67. The van der Waals surface area contributed by atoms with E-state index < -0.39 is 27.3 Å². The topological polar surface area (TPSA) is 176 Å². The predicted octanol–water partition coefficient (Wildman–Crippen LogP) is 7.56. The molecule has 396 valence electrons. The van der Waals surface area contributed by atoms with Gasteiger partial charge < -0.3 is 49.3 Å². The van der Waals surface area contributed by atoms with Crippen LogP contribution in [-0.4, -0.2) is 83.8 Å². The lowest BCUT2D eigenvalue weighted by Gasteiger charge is -2.64. The molecular weight excluding hydrogens is 992 g/mol. The summed E-state index contributed by atoms with van der Waals surface area (Å²) in [6.45, 7) is 14.0. The predicted molar refractivity (Wildman–Crippen MR) is 303 cm³/mol. The van der Waals surface area contributed by atoms with Crippen LogP contribution < -0.4 is 21.6 Å². The maximum atomic E-state index is 12.8. The van der Waals surface area contributed by atoms with Crippen molar-refractivity contribution in [2.45, 2.75) is 115 Å². The van der Waals surface area contributed by atoms with Crippen molar-refractivity contribution in [3.05, 3.63) is 177 Å². The van der Waals surface area contributed by atoms with Gasteiger partial charge in [0, 0.05) is 9.75 Å². The lowest BCUT2D eigenvalue weighted by atomic mass is 9.43. The monoisotopic (exact) mass is 1060 g/mol. The van der Waals surface area contributed by atoms with Crippen LogP contribution in [0.4, 0.5) is 0 Å². The zero-order chi connectivity index (χ0) is 53.8. The molecule has 6 unspecified atom stereocenters. The molecule has 2 aliphatic heterocycles. The van der Waals surface area contributed by atoms with E-state index in [0.29, 0.717) is 46.0 Å². The highest BCUT2D eigenvalue weighted by molar-refractivity contribution is 7.10. The van der Waals surface area contributed by atoms with Crippen LogP contribution in [0.25, 0.3) is 0 Å². The Morgan fingerprint density at radius 1 is 0.579 bits per heavy atom. The number of amides is 2. The molecule has 12 nitrogen and oxygen atoms in total. The molecule has 6 aliphatic carbocycles. The van der Waals surface area contributed by atoms with E-state index in [2.05, 4.69) is 76.4 Å². The molecule has 76 heavy (non-hydrogen) atoms. The Labute approximate surface area is 457 Å². The summed E-state index contributed by atoms with van der Waals surface area (Å²) in [5, 5.41) is 45.7. The molecular formula is C58H70B4N2O10S2. The lowest BCUT2D eigenvalue weighted by Crippen LogP contribution is -2.65. The summed E-state index contributed by atoms with van der Waals surface area (Å²) < 4.78 is 25.8. The Kier molecular flexibility index (Phi) is 17.4. The number of hydrogen-bond acceptors (Lipinski definition) is 12. The minimum atomic E-state index is -1.63. The molecule has 10 atom stereocenters. The molecule has 2 aromatic heterocycles. The molecule has 4 aromatic carbocycles. The van der Waals surface area contributed by atoms with Gasteiger partial charge in [-0.05, 0) is 119 Å². The van der Waals surface area contributed by atoms with Crippen molar-refractivity contribution in [1.82, 2.24) is 10.6 Å². The highest BCUT2D eigenvalue weighted by Gasteiger charge is 2.69. The van der Waals surface area contributed by atoms with Crippen molar-refractivity contribution in [3.8, 4) is 0 Å². The minimum Gasteiger partial charge on any atom is -0.426 e. The quantitative estimate of drug-likeness (QED) is 0.0671. The zero-order valence-corrected chi connectivity index (χ0v) is 45.9. The molecule has 6 N–H and O–H groups in total. The molecule has 8 aliphatic rings. The maximum absolute atomic E-state index is 12.8. The molecule has 4 heterocycles. The summed E-state index contributed by atoms with van der Waals surface area (Å²) >= 11 is 3.10. The second-order valence-corrected chi connectivity index (χ2v) is 24.7. The van der Waals surface area contributed by atoms with E-state index in [-0.39, 0.29) is 54.7 Å². The Balaban J connectivity index is 0.000000132. The summed E-state index contributed by atoms with van der Waals surface area (Å²) in [6.07, 6.45) is 5.73. The Morgan fingerprint density at radius 2 is 1.04 bits per heavy atom. The van der Waals surface area contributed by atoms with Gasteiger partial charge in [0.1, 0.15) is 0 Å². The third-order valence-corrected chi connectivity index (χ3v) is 19.2. The van der Waals surface area contributed by atoms with Crippen molar-refractivity contribution in [3.63, 3.8) is 0 Å². The second-order valence-electron chi connectivity index (χ2n) is 22.7. The van der Waals surface area contributed by atoms with E-state index in [4.69, 9.17) is 28.7 Å². The van der Waals surface area contributed by atoms with Crippen LogP contribution in [0.15, 0.2) is 156 Å². The Hall–Kier alpha value is -4.84. The maximum Gasteiger partial charge on any atom is 0.494 e. The Bertz CT molecular complexity index is 2800. The van der Waals surface area contributed by atoms with Gasteiger partial charge in [-0.3, -0.25) is 9.59 Å². The van der Waals surface area contributed by atoms with Gasteiger partial charge in [-0.1, -0.05) is 161 Å². The SMILES string of the molecule is CC1(C)C2CC3OB([C@@H](NC(=O)Cc4cccs4)c4ccccc4)O[C@@]3(C)C1C2.CC1(C)C2CC3OB(c4ccccc4)O[C@@]3(C)C1C2.O=C(Cc1cccs1)N[C@H](B(O)O)c1ccccc1.OB(O)c1ccccc1. The van der Waals surface area contributed by atoms with Gasteiger partial charge in [-0.2, -0.15) is 0 Å². The fourth-order valence-corrected chi connectivity index (χ4v) is 14.2. The molecule has 18 heteroatoms. The molecule has 6 aromatic rings. The van der Waals surface area contributed by atoms with Crippen molar-refractivity contribution in [2.75, 3.05) is 0 Å². The Morgan fingerprint density at radius 3 is 1.50 bits per heavy atom. The van der Waals surface area contributed by atoms with Gasteiger partial charge in [0.2, 0.25) is 11.8 Å². The van der Waals surface area contributed by atoms with Crippen molar-refractivity contribution in [2.24, 2.45) is 34.5 Å². The summed E-state index contributed by atoms with van der Waals surface area (Å²) in [6, 6.07) is 45.7. The van der Waals surface area contributed by atoms with Crippen molar-refractivity contribution >= 4 is 73.9 Å². The van der Waals surface area contributed by atoms with Crippen LogP contribution in [0.1, 0.15) is 100.0 Å². The number of nitrogens with one attached hydrogen (secondary N) is 2. The van der Waals surface area contributed by atoms with Gasteiger partial charge in [0.25, 0.3) is 0 Å². The first-order valence-electron chi connectivity index (χ1n) is 26.6. The first-order valence-corrected chi connectivity index (χ1v) is 28.3. The van der Waals surface area contributed by atoms with Crippen LogP contribution in [0.5, 0.6) is 0 Å². The normalized spacial score (nSPS) is 27.3. The van der Waals surface area contributed by atoms with Crippen molar-refractivity contribution in [1.29, 1.82) is 0 Å². The average molecular weight is 1060 g/mol. The number of carbonyl (C=O) groups excluding carboxylic acids is 2. The van der Waals surface area contributed by atoms with E-state index in [1.165, 1.54) is 24.2 Å². The standard InChI is InChI=1S/C23H28BNO3S.C16H21BO2.C13H14BNO3S.C6H7BO2/c1-22(2)16-12-18(22)23(3)19(13-16)27-24(28-23)21(15-8-5-4-6-9-15)25-20(26)14-17-10-7-11-29-17;1-15(2)11-9-13(15)16(3)14(10-11)18-17(19-16)12-7-5-4-6-8-12;16-12(9-11-7-4-8-19-11)15-13(14(17)18)10-5-2-1-3-6-10;8-7(9)6-4-2-1-3-5-6/h4-11,16,18-19,21H,12-14H2,1-3H3,(H,25,26);4-8,11,13-14H,9-10H2,1-3H3;1-8,13,17-18H,9H2,(H,15,16);1-5,8-9H/t16?,18?,19?,21-,23-;11?,13?,14?,16-;13-;/m000./s1. The van der Waals surface area contributed by atoms with Gasteiger partial charge in [0.15, 0.2) is 0 Å². The summed E-state index contributed by atoms with van der Waals surface area (Å²) in [5.41, 5.74) is 3.69. The van der Waals surface area contributed by atoms with E-state index in [1.54, 1.807) is 59.9 Å². The van der Waals surface area contributed by atoms with Crippen LogP contribution in [0, 0.1) is 34.5 Å². The molecule has 2 saturated heterocycles. The number of thiophene rings is 2. The molecule has 4 bridgehead atoms. The largest absolute Gasteiger partial charge is 0.494 e. The van der Waals surface area contributed by atoms with E-state index >= 15 is 0 Å². The third-order valence-electron chi connectivity index (χ3n) is 17.4. The number of hydrogen-bond donors (Lipinski definition) is 6. The smallest absolute Gasteiger partial charge is 0.426 e. The third kappa shape index (κ3) is 12.1. The first-order chi connectivity index (χ1) is 36.4. The van der Waals surface area contributed by atoms with Crippen LogP contribution in [0.3, 0.4) is 0 Å². The zero-order valence-electron chi connectivity index (χ0n) is 44.2. The van der Waals surface area contributed by atoms with E-state index in [9.17, 15) is 19.6 Å². The summed E-state index contributed by atoms with van der Waals surface area (Å²) in [4.78, 5) is 26.7. The van der Waals surface area contributed by atoms with E-state index in [1.807, 2.05) is 83.6 Å². The fraction of sp³-hybridized carbons (Fsp3) is 0.414. The lowest BCUT2D eigenvalue weighted by molar-refractivity contribution is -0.199. The van der Waals surface area contributed by atoms with E-state index in [0.717, 1.165) is 39.5 Å². The highest BCUT2D eigenvalue weighted by atomic mass is 32.1. The van der Waals surface area contributed by atoms with Gasteiger partial charge >= 0.3 is 28.5 Å². The number of rotatable bonds is 12. The molecule has 6 saturated carbocycles. The first kappa shape index (κ1) is 55.9. The van der Waals surface area contributed by atoms with Crippen LogP contribution in [0.2, 0.25) is 0 Å². The average Bonchev–Trinajstić information content (AvgIpc) is 4.42. The molecule has 2 amide bonds. The summed E-state index contributed by atoms with van der Waals surface area (Å²) in [5.74, 6) is 1.30. The van der Waals surface area contributed by atoms with Gasteiger partial charge in [0.05, 0.1) is 48.1 Å². The minimum absolute atomic E-state index is 0.00171. The molecule has 0 radical (unpaired) electrons. The molecule has 0 spiro atoms. The summed E-state index contributed by atoms with van der Waals surface area (Å²) in [7, 11) is -3.61. The number of carbonyl (C=O) groups is 2. The number of benzene rings is 4.